The number of hydrogen-bond donors (Lipinski definition) is 2. The lowest BCUT2D eigenvalue weighted by molar-refractivity contribution is -0.125. The van der Waals surface area contributed by atoms with Crippen molar-refractivity contribution in [3.05, 3.63) is 45.6 Å². The maximum absolute atomic E-state index is 13.5. The third-order valence-corrected chi connectivity index (χ3v) is 6.86. The predicted octanol–water partition coefficient (Wildman–Crippen LogP) is 4.12. The highest BCUT2D eigenvalue weighted by atomic mass is 35.5. The minimum Gasteiger partial charge on any atom is -0.370 e. The van der Waals surface area contributed by atoms with Crippen LogP contribution < -0.4 is 15.5 Å². The van der Waals surface area contributed by atoms with Gasteiger partial charge in [-0.2, -0.15) is 0 Å². The summed E-state index contributed by atoms with van der Waals surface area (Å²) in [6.45, 7) is 11.1. The lowest BCUT2D eigenvalue weighted by Gasteiger charge is -2.33. The van der Waals surface area contributed by atoms with E-state index in [2.05, 4.69) is 43.2 Å². The minimum absolute atomic E-state index is 0.0745. The number of carbonyl (C=O) groups excluding carboxylic acids is 3. The number of ether oxygens (including phenoxy) is 1. The molecule has 196 valence electrons. The average Bonchev–Trinajstić information content (AvgIpc) is 3.25. The molecule has 2 heterocycles. The molecule has 2 N–H and O–H groups in total. The van der Waals surface area contributed by atoms with E-state index in [-0.39, 0.29) is 30.9 Å². The third-order valence-electron chi connectivity index (χ3n) is 5.63. The number of rotatable bonds is 11. The Balaban J connectivity index is 1.74. The number of nitrogens with one attached hydrogen (secondary N) is 2. The van der Waals surface area contributed by atoms with Crippen LogP contribution in [0.2, 0.25) is 4.34 Å². The Morgan fingerprint density at radius 2 is 1.75 bits per heavy atom. The molecule has 1 saturated heterocycles. The number of thiophene rings is 1. The van der Waals surface area contributed by atoms with Crippen LogP contribution in [0.3, 0.4) is 0 Å². The number of nitrogens with zero attached hydrogens (tertiary/aromatic N) is 2. The predicted molar refractivity (Wildman–Crippen MR) is 145 cm³/mol. The third kappa shape index (κ3) is 8.03. The second-order valence-corrected chi connectivity index (χ2v) is 11.4. The van der Waals surface area contributed by atoms with E-state index in [1.54, 1.807) is 29.2 Å². The van der Waals surface area contributed by atoms with E-state index in [9.17, 15) is 14.4 Å². The van der Waals surface area contributed by atoms with Gasteiger partial charge in [0.2, 0.25) is 5.91 Å². The number of amides is 3. The van der Waals surface area contributed by atoms with Crippen molar-refractivity contribution in [3.63, 3.8) is 0 Å². The molecule has 1 aliphatic heterocycles. The van der Waals surface area contributed by atoms with Crippen LogP contribution in [0.5, 0.6) is 0 Å². The highest BCUT2D eigenvalue weighted by molar-refractivity contribution is 7.18. The Kier molecular flexibility index (Phi) is 10.3. The van der Waals surface area contributed by atoms with Crippen LogP contribution in [-0.2, 0) is 14.3 Å². The maximum Gasteiger partial charge on any atom is 0.261 e. The Hall–Kier alpha value is -2.46. The fourth-order valence-electron chi connectivity index (χ4n) is 4.11. The molecule has 2 aromatic rings. The number of hydrogen-bond acceptors (Lipinski definition) is 6. The average molecular weight is 535 g/mol. The number of anilines is 2. The molecule has 8 nitrogen and oxygen atoms in total. The molecule has 1 aromatic carbocycles. The van der Waals surface area contributed by atoms with Gasteiger partial charge in [-0.15, -0.1) is 11.3 Å². The molecule has 1 fully saturated rings. The van der Waals surface area contributed by atoms with Crippen molar-refractivity contribution in [2.75, 3.05) is 49.6 Å². The summed E-state index contributed by atoms with van der Waals surface area (Å²) in [6.07, 6.45) is 0. The summed E-state index contributed by atoms with van der Waals surface area (Å²) in [6, 6.07) is 10.0. The van der Waals surface area contributed by atoms with E-state index in [0.717, 1.165) is 18.8 Å². The second kappa shape index (κ2) is 13.2. The van der Waals surface area contributed by atoms with E-state index >= 15 is 0 Å². The van der Waals surface area contributed by atoms with Crippen molar-refractivity contribution in [2.45, 2.75) is 33.7 Å². The van der Waals surface area contributed by atoms with Crippen molar-refractivity contribution < 1.29 is 19.1 Å². The molecule has 1 atom stereocenters. The lowest BCUT2D eigenvalue weighted by Crippen LogP contribution is -2.52. The van der Waals surface area contributed by atoms with Crippen LogP contribution in [0.15, 0.2) is 36.4 Å². The highest BCUT2D eigenvalue weighted by Crippen LogP contribution is 2.22. The van der Waals surface area contributed by atoms with Crippen molar-refractivity contribution in [1.29, 1.82) is 0 Å². The molecule has 0 unspecified atom stereocenters. The molecule has 3 amide bonds. The SMILES string of the molecule is CC(C)CN(CC(C)C)[C@H](CNC(=O)c1ccc(Cl)s1)C(=O)Nc1ccc(N2CCOCC2=O)cc1. The highest BCUT2D eigenvalue weighted by Gasteiger charge is 2.28. The van der Waals surface area contributed by atoms with E-state index in [4.69, 9.17) is 16.3 Å². The Morgan fingerprint density at radius 1 is 1.08 bits per heavy atom. The van der Waals surface area contributed by atoms with Gasteiger partial charge in [0, 0.05) is 37.6 Å². The molecule has 1 aromatic heterocycles. The van der Waals surface area contributed by atoms with Crippen LogP contribution in [0.4, 0.5) is 11.4 Å². The number of morpholine rings is 1. The Labute approximate surface area is 221 Å². The molecule has 0 bridgehead atoms. The van der Waals surface area contributed by atoms with Gasteiger partial charge in [-0.3, -0.25) is 19.3 Å². The maximum atomic E-state index is 13.5. The van der Waals surface area contributed by atoms with Gasteiger partial charge >= 0.3 is 0 Å². The number of halogens is 1. The molecule has 0 saturated carbocycles. The first-order chi connectivity index (χ1) is 17.1. The van der Waals surface area contributed by atoms with Gasteiger partial charge in [-0.25, -0.2) is 0 Å². The molecule has 0 spiro atoms. The lowest BCUT2D eigenvalue weighted by atomic mass is 10.1. The standard InChI is InChI=1S/C26H35ClN4O4S/c1-17(2)14-30(15-18(3)4)21(13-28-26(34)22-9-10-23(27)36-22)25(33)29-19-5-7-20(8-6-19)31-11-12-35-16-24(31)32/h5-10,17-18,21H,11-16H2,1-4H3,(H,28,34)(H,29,33)/t21-/m1/s1. The molecule has 0 aliphatic carbocycles. The molecule has 10 heteroatoms. The van der Waals surface area contributed by atoms with Crippen molar-refractivity contribution in [3.8, 4) is 0 Å². The van der Waals surface area contributed by atoms with Crippen LogP contribution >= 0.6 is 22.9 Å². The first-order valence-corrected chi connectivity index (χ1v) is 13.4. The van der Waals surface area contributed by atoms with E-state index in [0.29, 0.717) is 39.9 Å². The molecule has 3 rings (SSSR count). The summed E-state index contributed by atoms with van der Waals surface area (Å²) in [5.74, 6) is 0.153. The monoisotopic (exact) mass is 534 g/mol. The van der Waals surface area contributed by atoms with Gasteiger partial charge in [-0.05, 0) is 48.2 Å². The summed E-state index contributed by atoms with van der Waals surface area (Å²) < 4.78 is 5.73. The quantitative estimate of drug-likeness (QED) is 0.452. The Bertz CT molecular complexity index is 1030. The summed E-state index contributed by atoms with van der Waals surface area (Å²) in [5.41, 5.74) is 1.39. The van der Waals surface area contributed by atoms with Crippen molar-refractivity contribution in [2.24, 2.45) is 11.8 Å². The first-order valence-electron chi connectivity index (χ1n) is 12.2. The van der Waals surface area contributed by atoms with Gasteiger partial charge in [-0.1, -0.05) is 39.3 Å². The van der Waals surface area contributed by atoms with E-state index in [1.165, 1.54) is 11.3 Å². The van der Waals surface area contributed by atoms with Crippen LogP contribution in [-0.4, -0.2) is 68.1 Å². The van der Waals surface area contributed by atoms with Gasteiger partial charge < -0.3 is 20.3 Å². The molecule has 36 heavy (non-hydrogen) atoms. The zero-order chi connectivity index (χ0) is 26.2. The summed E-state index contributed by atoms with van der Waals surface area (Å²) in [7, 11) is 0. The van der Waals surface area contributed by atoms with Crippen molar-refractivity contribution in [1.82, 2.24) is 10.2 Å². The van der Waals surface area contributed by atoms with E-state index in [1.807, 2.05) is 12.1 Å². The first kappa shape index (κ1) is 28.1. The zero-order valence-corrected chi connectivity index (χ0v) is 22.8. The number of benzene rings is 1. The fourth-order valence-corrected chi connectivity index (χ4v) is 5.07. The smallest absolute Gasteiger partial charge is 0.261 e. The molecular weight excluding hydrogens is 500 g/mol. The second-order valence-electron chi connectivity index (χ2n) is 9.71. The van der Waals surface area contributed by atoms with Gasteiger partial charge in [0.15, 0.2) is 0 Å². The van der Waals surface area contributed by atoms with Crippen LogP contribution in [0.25, 0.3) is 0 Å². The summed E-state index contributed by atoms with van der Waals surface area (Å²) in [4.78, 5) is 42.6. The van der Waals surface area contributed by atoms with Gasteiger partial charge in [0.1, 0.15) is 12.6 Å². The van der Waals surface area contributed by atoms with Crippen LogP contribution in [0.1, 0.15) is 37.4 Å². The molecular formula is C26H35ClN4O4S. The largest absolute Gasteiger partial charge is 0.370 e. The normalized spacial score (nSPS) is 15.0. The molecule has 0 radical (unpaired) electrons. The summed E-state index contributed by atoms with van der Waals surface area (Å²) in [5, 5.41) is 5.92. The van der Waals surface area contributed by atoms with Gasteiger partial charge in [0.25, 0.3) is 11.8 Å². The van der Waals surface area contributed by atoms with Crippen molar-refractivity contribution >= 4 is 52.0 Å². The molecule has 1 aliphatic rings. The Morgan fingerprint density at radius 3 is 2.31 bits per heavy atom. The number of carbonyl (C=O) groups is 3. The van der Waals surface area contributed by atoms with E-state index < -0.39 is 6.04 Å². The van der Waals surface area contributed by atoms with Gasteiger partial charge in [0.05, 0.1) is 15.8 Å². The minimum atomic E-state index is -0.560. The topological polar surface area (TPSA) is 91.0 Å². The zero-order valence-electron chi connectivity index (χ0n) is 21.3. The van der Waals surface area contributed by atoms with Crippen LogP contribution in [0, 0.1) is 11.8 Å². The summed E-state index contributed by atoms with van der Waals surface area (Å²) >= 11 is 7.18. The fraction of sp³-hybridized carbons (Fsp3) is 0.500.